The Kier molecular flexibility index (Phi) is 8.99. The van der Waals surface area contributed by atoms with Gasteiger partial charge >= 0.3 is 0 Å². The lowest BCUT2D eigenvalue weighted by atomic mass is 10.1. The average molecular weight is 457 g/mol. The van der Waals surface area contributed by atoms with Crippen LogP contribution < -0.4 is 10.0 Å². The summed E-state index contributed by atoms with van der Waals surface area (Å²) in [7, 11) is -1.49. The van der Waals surface area contributed by atoms with E-state index in [0.29, 0.717) is 0 Å². The number of rotatable bonds is 10. The summed E-state index contributed by atoms with van der Waals surface area (Å²) in [6.45, 7) is 4.71. The van der Waals surface area contributed by atoms with Gasteiger partial charge in [0.1, 0.15) is 0 Å². The van der Waals surface area contributed by atoms with Crippen molar-refractivity contribution < 1.29 is 13.2 Å². The van der Waals surface area contributed by atoms with Gasteiger partial charge in [0.15, 0.2) is 0 Å². The Labute approximate surface area is 191 Å². The zero-order chi connectivity index (χ0) is 22.8. The molecule has 0 aromatic heterocycles. The first-order valence-corrected chi connectivity index (χ1v) is 12.4. The van der Waals surface area contributed by atoms with Crippen LogP contribution in [0.25, 0.3) is 6.08 Å². The zero-order valence-corrected chi connectivity index (χ0v) is 19.3. The predicted molar refractivity (Wildman–Crippen MR) is 128 cm³/mol. The van der Waals surface area contributed by atoms with Gasteiger partial charge in [0.2, 0.25) is 15.9 Å². The second-order valence-corrected chi connectivity index (χ2v) is 9.69. The molecular formula is C24H32N4O3S. The highest BCUT2D eigenvalue weighted by Gasteiger charge is 2.21. The lowest BCUT2D eigenvalue weighted by Gasteiger charge is -2.35. The molecule has 2 aromatic carbocycles. The maximum absolute atomic E-state index is 12.6. The van der Waals surface area contributed by atoms with Crippen molar-refractivity contribution in [2.24, 2.45) is 0 Å². The molecule has 0 saturated carbocycles. The first kappa shape index (κ1) is 24.1. The second-order valence-electron chi connectivity index (χ2n) is 8.04. The minimum Gasteiger partial charge on any atom is -0.348 e. The maximum atomic E-state index is 12.6. The largest absolute Gasteiger partial charge is 0.348 e. The molecule has 1 amide bonds. The molecule has 32 heavy (non-hydrogen) atoms. The van der Waals surface area contributed by atoms with Crippen molar-refractivity contribution in [1.29, 1.82) is 0 Å². The highest BCUT2D eigenvalue weighted by molar-refractivity contribution is 7.92. The first-order valence-electron chi connectivity index (χ1n) is 10.9. The van der Waals surface area contributed by atoms with E-state index in [4.69, 9.17) is 0 Å². The fourth-order valence-electron chi connectivity index (χ4n) is 3.56. The number of piperazine rings is 1. The van der Waals surface area contributed by atoms with Crippen LogP contribution in [0.2, 0.25) is 0 Å². The summed E-state index contributed by atoms with van der Waals surface area (Å²) in [4.78, 5) is 17.2. The van der Waals surface area contributed by atoms with Gasteiger partial charge in [-0.25, -0.2) is 13.1 Å². The molecule has 0 spiro atoms. The Morgan fingerprint density at radius 2 is 1.62 bits per heavy atom. The molecule has 8 heteroatoms. The Bertz CT molecular complexity index is 973. The fraction of sp³-hybridized carbons (Fsp3) is 0.375. The van der Waals surface area contributed by atoms with E-state index >= 15 is 0 Å². The van der Waals surface area contributed by atoms with E-state index in [0.717, 1.165) is 49.3 Å². The van der Waals surface area contributed by atoms with Gasteiger partial charge in [-0.2, -0.15) is 0 Å². The third-order valence-electron chi connectivity index (χ3n) is 5.47. The van der Waals surface area contributed by atoms with Gasteiger partial charge in [0.25, 0.3) is 0 Å². The topological polar surface area (TPSA) is 81.8 Å². The van der Waals surface area contributed by atoms with Crippen molar-refractivity contribution in [3.63, 3.8) is 0 Å². The van der Waals surface area contributed by atoms with E-state index in [1.165, 1.54) is 6.08 Å². The minimum absolute atomic E-state index is 0.0450. The quantitative estimate of drug-likeness (QED) is 0.572. The molecule has 2 aromatic rings. The summed E-state index contributed by atoms with van der Waals surface area (Å²) in [5.41, 5.74) is 1.84. The van der Waals surface area contributed by atoms with Crippen molar-refractivity contribution >= 4 is 22.0 Å². The van der Waals surface area contributed by atoms with Gasteiger partial charge in [0, 0.05) is 51.1 Å². The Balaban J connectivity index is 1.51. The van der Waals surface area contributed by atoms with Crippen LogP contribution in [0.1, 0.15) is 23.6 Å². The number of carbonyl (C=O) groups excluding carboxylic acids is 1. The zero-order valence-electron chi connectivity index (χ0n) is 18.5. The molecule has 0 radical (unpaired) electrons. The van der Waals surface area contributed by atoms with Crippen LogP contribution >= 0.6 is 0 Å². The number of nitrogens with zero attached hydrogens (tertiary/aromatic N) is 2. The van der Waals surface area contributed by atoms with Gasteiger partial charge < -0.3 is 10.2 Å². The van der Waals surface area contributed by atoms with Crippen LogP contribution in [-0.2, 0) is 14.8 Å². The average Bonchev–Trinajstić information content (AvgIpc) is 2.80. The number of hydrogen-bond donors (Lipinski definition) is 2. The molecule has 1 fully saturated rings. The molecule has 0 bridgehead atoms. The molecule has 1 atom stereocenters. The van der Waals surface area contributed by atoms with Crippen LogP contribution in [0, 0.1) is 0 Å². The number of nitrogens with one attached hydrogen (secondary N) is 2. The summed E-state index contributed by atoms with van der Waals surface area (Å²) in [5.74, 6) is -0.178. The number of sulfonamides is 1. The number of benzene rings is 2. The highest BCUT2D eigenvalue weighted by Crippen LogP contribution is 2.15. The van der Waals surface area contributed by atoms with E-state index in [9.17, 15) is 13.2 Å². The highest BCUT2D eigenvalue weighted by atomic mass is 32.2. The standard InChI is InChI=1S/C24H32N4O3S/c1-27-15-17-28(18-16-27)20-23(22-10-6-3-7-11-22)26-24(29)12-14-25-32(30,31)19-13-21-8-4-2-5-9-21/h2-11,13,19,23,25H,12,14-18,20H2,1H3,(H,26,29)/b19-13+. The van der Waals surface area contributed by atoms with Gasteiger partial charge in [-0.1, -0.05) is 60.7 Å². The summed E-state index contributed by atoms with van der Waals surface area (Å²) in [6, 6.07) is 19.0. The summed E-state index contributed by atoms with van der Waals surface area (Å²) in [5, 5.41) is 4.21. The number of amides is 1. The monoisotopic (exact) mass is 456 g/mol. The summed E-state index contributed by atoms with van der Waals surface area (Å²) in [6.07, 6.45) is 1.61. The van der Waals surface area contributed by atoms with Gasteiger partial charge in [-0.05, 0) is 24.3 Å². The van der Waals surface area contributed by atoms with Crippen molar-refractivity contribution in [2.75, 3.05) is 46.3 Å². The lowest BCUT2D eigenvalue weighted by Crippen LogP contribution is -2.48. The molecule has 0 aliphatic carbocycles. The van der Waals surface area contributed by atoms with Gasteiger partial charge in [-0.3, -0.25) is 9.69 Å². The molecule has 1 heterocycles. The molecule has 1 aliphatic heterocycles. The molecule has 172 valence electrons. The number of likely N-dealkylation sites (N-methyl/N-ethyl adjacent to an activating group) is 1. The Morgan fingerprint density at radius 1 is 1.00 bits per heavy atom. The molecule has 7 nitrogen and oxygen atoms in total. The fourth-order valence-corrected chi connectivity index (χ4v) is 4.38. The van der Waals surface area contributed by atoms with E-state index in [1.54, 1.807) is 0 Å². The van der Waals surface area contributed by atoms with E-state index in [1.807, 2.05) is 60.7 Å². The van der Waals surface area contributed by atoms with Gasteiger partial charge in [-0.15, -0.1) is 0 Å². The van der Waals surface area contributed by atoms with Crippen molar-refractivity contribution in [3.05, 3.63) is 77.2 Å². The maximum Gasteiger partial charge on any atom is 0.233 e. The molecular weight excluding hydrogens is 424 g/mol. The van der Waals surface area contributed by atoms with Gasteiger partial charge in [0.05, 0.1) is 6.04 Å². The smallest absolute Gasteiger partial charge is 0.233 e. The third-order valence-corrected chi connectivity index (χ3v) is 6.57. The second kappa shape index (κ2) is 11.9. The normalized spacial score (nSPS) is 16.8. The van der Waals surface area contributed by atoms with Crippen molar-refractivity contribution in [1.82, 2.24) is 19.8 Å². The third kappa shape index (κ3) is 8.20. The van der Waals surface area contributed by atoms with Crippen LogP contribution in [0.4, 0.5) is 0 Å². The molecule has 2 N–H and O–H groups in total. The van der Waals surface area contributed by atoms with E-state index < -0.39 is 10.0 Å². The predicted octanol–water partition coefficient (Wildman–Crippen LogP) is 2.07. The first-order chi connectivity index (χ1) is 15.4. The van der Waals surface area contributed by atoms with Crippen LogP contribution in [0.5, 0.6) is 0 Å². The minimum atomic E-state index is -3.61. The molecule has 3 rings (SSSR count). The SMILES string of the molecule is CN1CCN(CC(NC(=O)CCNS(=O)(=O)/C=C/c2ccccc2)c2ccccc2)CC1. The molecule has 1 saturated heterocycles. The van der Waals surface area contributed by atoms with E-state index in [-0.39, 0.29) is 24.9 Å². The van der Waals surface area contributed by atoms with Crippen molar-refractivity contribution in [3.8, 4) is 0 Å². The Morgan fingerprint density at radius 3 is 2.28 bits per heavy atom. The number of carbonyl (C=O) groups is 1. The van der Waals surface area contributed by atoms with Crippen LogP contribution in [0.3, 0.4) is 0 Å². The lowest BCUT2D eigenvalue weighted by molar-refractivity contribution is -0.121. The summed E-state index contributed by atoms with van der Waals surface area (Å²) >= 11 is 0. The van der Waals surface area contributed by atoms with Crippen molar-refractivity contribution in [2.45, 2.75) is 12.5 Å². The van der Waals surface area contributed by atoms with E-state index in [2.05, 4.69) is 26.9 Å². The number of hydrogen-bond acceptors (Lipinski definition) is 5. The summed E-state index contributed by atoms with van der Waals surface area (Å²) < 4.78 is 26.8. The van der Waals surface area contributed by atoms with Crippen LogP contribution in [0.15, 0.2) is 66.1 Å². The Hall–Kier alpha value is -2.52. The molecule has 1 aliphatic rings. The van der Waals surface area contributed by atoms with Crippen LogP contribution in [-0.4, -0.2) is 70.4 Å². The molecule has 1 unspecified atom stereocenters.